The molecule has 0 saturated heterocycles. The van der Waals surface area contributed by atoms with Crippen molar-refractivity contribution in [3.63, 3.8) is 0 Å². The molecular formula is C17H14O2. The van der Waals surface area contributed by atoms with Crippen molar-refractivity contribution in [1.82, 2.24) is 0 Å². The minimum Gasteiger partial charge on any atom is -0.422 e. The van der Waals surface area contributed by atoms with Crippen molar-refractivity contribution < 1.29 is 4.42 Å². The van der Waals surface area contributed by atoms with Crippen molar-refractivity contribution in [3.05, 3.63) is 70.6 Å². The second kappa shape index (κ2) is 4.73. The summed E-state index contributed by atoms with van der Waals surface area (Å²) in [7, 11) is 0. The van der Waals surface area contributed by atoms with Gasteiger partial charge in [-0.25, -0.2) is 4.79 Å². The number of hydrogen-bond acceptors (Lipinski definition) is 2. The van der Waals surface area contributed by atoms with Gasteiger partial charge >= 0.3 is 5.63 Å². The first-order valence-corrected chi connectivity index (χ1v) is 6.40. The summed E-state index contributed by atoms with van der Waals surface area (Å²) in [6.45, 7) is 2.10. The fraction of sp³-hybridized carbons (Fsp3) is 0.118. The second-order valence-corrected chi connectivity index (χ2v) is 4.54. The molecule has 0 unspecified atom stereocenters. The van der Waals surface area contributed by atoms with E-state index < -0.39 is 0 Å². The number of hydrogen-bond donors (Lipinski definition) is 0. The van der Waals surface area contributed by atoms with Crippen LogP contribution in [0.3, 0.4) is 0 Å². The van der Waals surface area contributed by atoms with Crippen LogP contribution in [0.1, 0.15) is 12.5 Å². The van der Waals surface area contributed by atoms with Gasteiger partial charge in [-0.05, 0) is 29.5 Å². The zero-order valence-corrected chi connectivity index (χ0v) is 10.7. The van der Waals surface area contributed by atoms with Gasteiger partial charge in [0.05, 0.1) is 5.39 Å². The minimum absolute atomic E-state index is 0.279. The lowest BCUT2D eigenvalue weighted by molar-refractivity contribution is 0.534. The fourth-order valence-electron chi connectivity index (χ4n) is 2.21. The molecule has 0 amide bonds. The summed E-state index contributed by atoms with van der Waals surface area (Å²) in [5.41, 5.74) is 1.86. The van der Waals surface area contributed by atoms with Crippen molar-refractivity contribution in [2.45, 2.75) is 13.3 Å². The van der Waals surface area contributed by atoms with Crippen LogP contribution in [0, 0.1) is 0 Å². The lowest BCUT2D eigenvalue weighted by Gasteiger charge is -2.04. The van der Waals surface area contributed by atoms with Crippen molar-refractivity contribution in [1.29, 1.82) is 0 Å². The van der Waals surface area contributed by atoms with E-state index in [0.29, 0.717) is 11.1 Å². The molecule has 1 heterocycles. The van der Waals surface area contributed by atoms with Gasteiger partial charge in [0.2, 0.25) is 0 Å². The number of aryl methyl sites for hydroxylation is 1. The maximum Gasteiger partial charge on any atom is 0.344 e. The SMILES string of the molecule is CCc1ccc2c(=O)oc(-c3ccccc3)cc2c1. The third-order valence-electron chi connectivity index (χ3n) is 3.29. The Morgan fingerprint density at radius 1 is 1.00 bits per heavy atom. The predicted molar refractivity (Wildman–Crippen MR) is 77.3 cm³/mol. The molecule has 2 nitrogen and oxygen atoms in total. The van der Waals surface area contributed by atoms with Gasteiger partial charge in [-0.15, -0.1) is 0 Å². The van der Waals surface area contributed by atoms with Crippen molar-refractivity contribution in [2.75, 3.05) is 0 Å². The summed E-state index contributed by atoms with van der Waals surface area (Å²) in [5.74, 6) is 0.617. The van der Waals surface area contributed by atoms with E-state index in [9.17, 15) is 4.79 Å². The Labute approximate surface area is 111 Å². The van der Waals surface area contributed by atoms with E-state index in [1.807, 2.05) is 48.5 Å². The van der Waals surface area contributed by atoms with Gasteiger partial charge in [0.1, 0.15) is 5.76 Å². The molecule has 0 saturated carbocycles. The Bertz CT molecular complexity index is 770. The molecule has 0 aliphatic rings. The van der Waals surface area contributed by atoms with Crippen LogP contribution in [0.15, 0.2) is 63.8 Å². The Hall–Kier alpha value is -2.35. The summed E-state index contributed by atoms with van der Waals surface area (Å²) in [5, 5.41) is 1.58. The first-order chi connectivity index (χ1) is 9.28. The van der Waals surface area contributed by atoms with Gasteiger partial charge in [-0.3, -0.25) is 0 Å². The Kier molecular flexibility index (Phi) is 2.92. The molecule has 3 rings (SSSR count). The van der Waals surface area contributed by atoms with Crippen LogP contribution in [0.25, 0.3) is 22.1 Å². The first kappa shape index (κ1) is 11.7. The molecule has 2 heteroatoms. The first-order valence-electron chi connectivity index (χ1n) is 6.40. The smallest absolute Gasteiger partial charge is 0.344 e. The minimum atomic E-state index is -0.279. The van der Waals surface area contributed by atoms with Crippen molar-refractivity contribution in [2.24, 2.45) is 0 Å². The maximum absolute atomic E-state index is 12.0. The van der Waals surface area contributed by atoms with Crippen LogP contribution in [0.2, 0.25) is 0 Å². The summed E-state index contributed by atoms with van der Waals surface area (Å²) in [6, 6.07) is 17.5. The van der Waals surface area contributed by atoms with Crippen LogP contribution in [-0.2, 0) is 6.42 Å². The number of fused-ring (bicyclic) bond motifs is 1. The largest absolute Gasteiger partial charge is 0.422 e. The molecule has 1 aromatic heterocycles. The van der Waals surface area contributed by atoms with E-state index in [1.54, 1.807) is 0 Å². The lowest BCUT2D eigenvalue weighted by atomic mass is 10.1. The Morgan fingerprint density at radius 2 is 1.79 bits per heavy atom. The molecule has 3 aromatic rings. The van der Waals surface area contributed by atoms with E-state index >= 15 is 0 Å². The van der Waals surface area contributed by atoms with Crippen molar-refractivity contribution >= 4 is 10.8 Å². The highest BCUT2D eigenvalue weighted by Crippen LogP contribution is 2.22. The standard InChI is InChI=1S/C17H14O2/c1-2-12-8-9-15-14(10-12)11-16(19-17(15)18)13-6-4-3-5-7-13/h3-11H,2H2,1H3. The highest BCUT2D eigenvalue weighted by Gasteiger charge is 2.06. The molecule has 0 aliphatic heterocycles. The van der Waals surface area contributed by atoms with Crippen LogP contribution in [-0.4, -0.2) is 0 Å². The number of benzene rings is 2. The van der Waals surface area contributed by atoms with E-state index in [2.05, 4.69) is 13.0 Å². The molecule has 0 fully saturated rings. The van der Waals surface area contributed by atoms with Gasteiger partial charge in [0.15, 0.2) is 0 Å². The zero-order chi connectivity index (χ0) is 13.2. The van der Waals surface area contributed by atoms with Crippen LogP contribution < -0.4 is 5.63 Å². The summed E-state index contributed by atoms with van der Waals surface area (Å²) >= 11 is 0. The van der Waals surface area contributed by atoms with Gasteiger partial charge in [0.25, 0.3) is 0 Å². The topological polar surface area (TPSA) is 30.2 Å². The number of rotatable bonds is 2. The molecule has 0 aliphatic carbocycles. The van der Waals surface area contributed by atoms with Crippen LogP contribution in [0.4, 0.5) is 0 Å². The monoisotopic (exact) mass is 250 g/mol. The Balaban J connectivity index is 2.26. The maximum atomic E-state index is 12.0. The average molecular weight is 250 g/mol. The summed E-state index contributed by atoms with van der Waals surface area (Å²) in [4.78, 5) is 12.0. The highest BCUT2D eigenvalue weighted by molar-refractivity contribution is 5.84. The summed E-state index contributed by atoms with van der Waals surface area (Å²) < 4.78 is 5.39. The second-order valence-electron chi connectivity index (χ2n) is 4.54. The van der Waals surface area contributed by atoms with Crippen molar-refractivity contribution in [3.8, 4) is 11.3 Å². The van der Waals surface area contributed by atoms with Crippen LogP contribution in [0.5, 0.6) is 0 Å². The van der Waals surface area contributed by atoms with Gasteiger partial charge in [-0.1, -0.05) is 49.4 Å². The molecule has 19 heavy (non-hydrogen) atoms. The predicted octanol–water partition coefficient (Wildman–Crippen LogP) is 4.02. The summed E-state index contributed by atoms with van der Waals surface area (Å²) in [6.07, 6.45) is 0.955. The fourth-order valence-corrected chi connectivity index (χ4v) is 2.21. The zero-order valence-electron chi connectivity index (χ0n) is 10.7. The van der Waals surface area contributed by atoms with Gasteiger partial charge in [-0.2, -0.15) is 0 Å². The molecule has 0 atom stereocenters. The van der Waals surface area contributed by atoms with Crippen LogP contribution >= 0.6 is 0 Å². The molecule has 94 valence electrons. The molecule has 0 spiro atoms. The molecule has 0 bridgehead atoms. The third kappa shape index (κ3) is 2.17. The van der Waals surface area contributed by atoms with E-state index in [4.69, 9.17) is 4.42 Å². The highest BCUT2D eigenvalue weighted by atomic mass is 16.4. The van der Waals surface area contributed by atoms with Gasteiger partial charge in [0, 0.05) is 5.56 Å². The quantitative estimate of drug-likeness (QED) is 0.687. The Morgan fingerprint density at radius 3 is 2.53 bits per heavy atom. The van der Waals surface area contributed by atoms with E-state index in [1.165, 1.54) is 5.56 Å². The molecule has 2 aromatic carbocycles. The lowest BCUT2D eigenvalue weighted by Crippen LogP contribution is -2.00. The van der Waals surface area contributed by atoms with Gasteiger partial charge < -0.3 is 4.42 Å². The third-order valence-corrected chi connectivity index (χ3v) is 3.29. The molecule has 0 radical (unpaired) electrons. The molecule has 0 N–H and O–H groups in total. The van der Waals surface area contributed by atoms with E-state index in [0.717, 1.165) is 17.4 Å². The van der Waals surface area contributed by atoms with E-state index in [-0.39, 0.29) is 5.63 Å². The average Bonchev–Trinajstić information content (AvgIpc) is 2.47. The normalized spacial score (nSPS) is 10.8. The molecular weight excluding hydrogens is 236 g/mol.